The summed E-state index contributed by atoms with van der Waals surface area (Å²) in [4.78, 5) is 4.84. The van der Waals surface area contributed by atoms with Crippen molar-refractivity contribution >= 4 is 127 Å². The maximum absolute atomic E-state index is 9.75. The Bertz CT molecular complexity index is 5070. The van der Waals surface area contributed by atoms with Gasteiger partial charge in [-0.2, -0.15) is 5.26 Å². The Morgan fingerprint density at radius 3 is 1.57 bits per heavy atom. The van der Waals surface area contributed by atoms with Crippen molar-refractivity contribution in [3.8, 4) is 17.2 Å². The van der Waals surface area contributed by atoms with Crippen molar-refractivity contribution in [2.45, 2.75) is 76.0 Å². The van der Waals surface area contributed by atoms with Gasteiger partial charge in [0.05, 0.1) is 33.9 Å². The van der Waals surface area contributed by atoms with Gasteiger partial charge in [-0.3, -0.25) is 0 Å². The number of nitriles is 1. The molecule has 398 valence electrons. The van der Waals surface area contributed by atoms with Crippen molar-refractivity contribution in [3.05, 3.63) is 235 Å². The standard InChI is InChI=1S/C77H58N4O2/c78-47-48-27-29-49(30-28-48)53-32-36-65-70(43-53)81-71-44-54-41-57(79(55-19-9-3-10-20-55)58-34-39-72-67(45-58)63-25-13-23-60(76(63)82-72)50-15-5-1-6-16-50)33-31-52(54)42-66(71)62-37-38-69(74(65)75(62)81)80(56-21-11-4-12-22-56)59-35-40-73-68(46-59)64-26-14-24-61(77(64)83-73)51-17-7-2-8-18-51/h3-4,9-14,19-46,50-51H,1-2,5-8,15-18H2. The minimum absolute atomic E-state index is 0.529. The van der Waals surface area contributed by atoms with Crippen LogP contribution >= 0.6 is 0 Å². The minimum atomic E-state index is 0.529. The van der Waals surface area contributed by atoms with Crippen molar-refractivity contribution in [2.24, 2.45) is 0 Å². The van der Waals surface area contributed by atoms with Crippen molar-refractivity contribution in [1.82, 2.24) is 4.40 Å². The Hall–Kier alpha value is -9.83. The van der Waals surface area contributed by atoms with Crippen LogP contribution in [0.1, 0.15) is 92.7 Å². The summed E-state index contributed by atoms with van der Waals surface area (Å²) in [6.45, 7) is 0. The lowest BCUT2D eigenvalue weighted by molar-refractivity contribution is 0.442. The molecular formula is C77H58N4O2. The number of hydrogen-bond donors (Lipinski definition) is 0. The third-order valence-corrected chi connectivity index (χ3v) is 18.9. The van der Waals surface area contributed by atoms with Gasteiger partial charge in [0.15, 0.2) is 0 Å². The Morgan fingerprint density at radius 2 is 0.940 bits per heavy atom. The largest absolute Gasteiger partial charge is 0.456 e. The molecule has 0 radical (unpaired) electrons. The first-order valence-corrected chi connectivity index (χ1v) is 29.9. The van der Waals surface area contributed by atoms with Gasteiger partial charge in [-0.1, -0.05) is 148 Å². The van der Waals surface area contributed by atoms with Gasteiger partial charge < -0.3 is 23.0 Å². The first kappa shape index (κ1) is 47.9. The molecular weight excluding hydrogens is 1010 g/mol. The molecule has 83 heavy (non-hydrogen) atoms. The average molecular weight is 1070 g/mol. The molecule has 0 amide bonds. The molecule has 4 aromatic heterocycles. The Morgan fingerprint density at radius 1 is 0.386 bits per heavy atom. The van der Waals surface area contributed by atoms with Crippen LogP contribution in [0.3, 0.4) is 0 Å². The van der Waals surface area contributed by atoms with Crippen LogP contribution in [0.2, 0.25) is 0 Å². The number of fused-ring (bicyclic) bond motifs is 13. The zero-order chi connectivity index (χ0) is 54.7. The lowest BCUT2D eigenvalue weighted by Gasteiger charge is -2.26. The second kappa shape index (κ2) is 19.1. The van der Waals surface area contributed by atoms with Gasteiger partial charge in [0.1, 0.15) is 22.3 Å². The monoisotopic (exact) mass is 1070 g/mol. The van der Waals surface area contributed by atoms with Crippen LogP contribution in [0, 0.1) is 11.3 Å². The lowest BCUT2D eigenvalue weighted by Crippen LogP contribution is -2.10. The summed E-state index contributed by atoms with van der Waals surface area (Å²) in [7, 11) is 0. The number of benzene rings is 11. The van der Waals surface area contributed by atoms with Gasteiger partial charge in [0.2, 0.25) is 0 Å². The highest BCUT2D eigenvalue weighted by atomic mass is 16.3. The topological polar surface area (TPSA) is 61.0 Å². The fourth-order valence-electron chi connectivity index (χ4n) is 14.9. The molecule has 15 aromatic rings. The third-order valence-electron chi connectivity index (χ3n) is 18.9. The molecule has 0 saturated heterocycles. The van der Waals surface area contributed by atoms with Gasteiger partial charge in [-0.25, -0.2) is 0 Å². The molecule has 0 unspecified atom stereocenters. The van der Waals surface area contributed by atoms with Crippen LogP contribution in [-0.2, 0) is 0 Å². The van der Waals surface area contributed by atoms with E-state index in [-0.39, 0.29) is 0 Å². The van der Waals surface area contributed by atoms with Gasteiger partial charge in [0, 0.05) is 71.5 Å². The number of hydrogen-bond acceptors (Lipinski definition) is 5. The highest BCUT2D eigenvalue weighted by molar-refractivity contribution is 6.29. The third kappa shape index (κ3) is 7.68. The summed E-state index contributed by atoms with van der Waals surface area (Å²) in [5.74, 6) is 1.07. The Kier molecular flexibility index (Phi) is 11.1. The number of anilines is 6. The number of aromatic nitrogens is 1. The molecule has 2 saturated carbocycles. The minimum Gasteiger partial charge on any atom is -0.456 e. The van der Waals surface area contributed by atoms with Crippen molar-refractivity contribution in [3.63, 3.8) is 0 Å². The molecule has 0 aliphatic heterocycles. The summed E-state index contributed by atoms with van der Waals surface area (Å²) in [5, 5.41) is 21.5. The molecule has 6 heteroatoms. The van der Waals surface area contributed by atoms with E-state index < -0.39 is 0 Å². The Balaban J connectivity index is 0.864. The number of nitrogens with zero attached hydrogens (tertiary/aromatic N) is 4. The van der Waals surface area contributed by atoms with E-state index >= 15 is 0 Å². The molecule has 0 bridgehead atoms. The average Bonchev–Trinajstić information content (AvgIpc) is 2.19. The lowest BCUT2D eigenvalue weighted by atomic mass is 9.83. The molecule has 6 nitrogen and oxygen atoms in total. The molecule has 11 aromatic carbocycles. The molecule has 2 aliphatic rings. The fourth-order valence-corrected chi connectivity index (χ4v) is 14.9. The highest BCUT2D eigenvalue weighted by Gasteiger charge is 2.28. The van der Waals surface area contributed by atoms with Crippen LogP contribution < -0.4 is 9.80 Å². The van der Waals surface area contributed by atoms with E-state index in [1.807, 2.05) is 12.1 Å². The normalized spacial score (nSPS) is 14.6. The fraction of sp³-hybridized carbons (Fsp3) is 0.156. The summed E-state index contributed by atoms with van der Waals surface area (Å²) >= 11 is 0. The highest BCUT2D eigenvalue weighted by Crippen LogP contribution is 2.51. The second-order valence-corrected chi connectivity index (χ2v) is 23.5. The number of para-hydroxylation sites is 4. The second-order valence-electron chi connectivity index (χ2n) is 23.5. The quantitative estimate of drug-likeness (QED) is 0.144. The van der Waals surface area contributed by atoms with Crippen LogP contribution in [0.5, 0.6) is 0 Å². The Labute approximate surface area is 481 Å². The van der Waals surface area contributed by atoms with Crippen molar-refractivity contribution < 1.29 is 8.83 Å². The molecule has 0 N–H and O–H groups in total. The maximum atomic E-state index is 9.75. The van der Waals surface area contributed by atoms with Gasteiger partial charge in [0.25, 0.3) is 0 Å². The van der Waals surface area contributed by atoms with Crippen LogP contribution in [0.4, 0.5) is 34.1 Å². The summed E-state index contributed by atoms with van der Waals surface area (Å²) in [5.41, 5.74) is 19.4. The van der Waals surface area contributed by atoms with E-state index in [0.717, 1.165) is 94.8 Å². The van der Waals surface area contributed by atoms with E-state index in [2.05, 4.69) is 227 Å². The van der Waals surface area contributed by atoms with Crippen molar-refractivity contribution in [1.29, 1.82) is 5.26 Å². The summed E-state index contributed by atoms with van der Waals surface area (Å²) in [6, 6.07) is 82.3. The van der Waals surface area contributed by atoms with E-state index in [1.54, 1.807) is 0 Å². The van der Waals surface area contributed by atoms with E-state index in [1.165, 1.54) is 119 Å². The predicted molar refractivity (Wildman–Crippen MR) is 344 cm³/mol. The van der Waals surface area contributed by atoms with Gasteiger partial charge in [-0.05, 0) is 180 Å². The van der Waals surface area contributed by atoms with E-state index in [4.69, 9.17) is 8.83 Å². The first-order chi connectivity index (χ1) is 41.1. The summed E-state index contributed by atoms with van der Waals surface area (Å²) in [6.07, 6.45) is 12.6. The summed E-state index contributed by atoms with van der Waals surface area (Å²) < 4.78 is 16.1. The molecule has 0 spiro atoms. The number of rotatable bonds is 9. The molecule has 4 heterocycles. The van der Waals surface area contributed by atoms with Crippen LogP contribution in [-0.4, -0.2) is 4.40 Å². The van der Waals surface area contributed by atoms with Gasteiger partial charge in [-0.15, -0.1) is 0 Å². The molecule has 17 rings (SSSR count). The number of furan rings is 2. The molecule has 2 aliphatic carbocycles. The van der Waals surface area contributed by atoms with Gasteiger partial charge >= 0.3 is 0 Å². The zero-order valence-electron chi connectivity index (χ0n) is 46.1. The maximum Gasteiger partial charge on any atom is 0.138 e. The van der Waals surface area contributed by atoms with E-state index in [0.29, 0.717) is 17.4 Å². The SMILES string of the molecule is N#Cc1ccc(-c2ccc3c4c(N(c5ccccc5)c5ccc6oc7c(C8CCCCC8)cccc7c6c5)ccc5c6cc7ccc(N(c8ccccc8)c8ccc9oc%10c(C%11CCCCC%11)cccc%10c9c8)cc7cc6n(c3c2)c54)cc1. The first-order valence-electron chi connectivity index (χ1n) is 29.9. The van der Waals surface area contributed by atoms with Crippen molar-refractivity contribution in [2.75, 3.05) is 9.80 Å². The van der Waals surface area contributed by atoms with E-state index in [9.17, 15) is 5.26 Å². The zero-order valence-corrected chi connectivity index (χ0v) is 46.1. The van der Waals surface area contributed by atoms with Crippen LogP contribution in [0.15, 0.2) is 227 Å². The predicted octanol–water partition coefficient (Wildman–Crippen LogP) is 22.4. The molecule has 2 fully saturated rings. The molecule has 0 atom stereocenters. The van der Waals surface area contributed by atoms with Crippen LogP contribution in [0.25, 0.3) is 104 Å². The smallest absolute Gasteiger partial charge is 0.138 e.